The van der Waals surface area contributed by atoms with E-state index < -0.39 is 28.2 Å². The van der Waals surface area contributed by atoms with E-state index in [0.717, 1.165) is 17.1 Å². The number of quaternary nitrogens is 1. The Labute approximate surface area is 249 Å². The van der Waals surface area contributed by atoms with Crippen molar-refractivity contribution in [2.45, 2.75) is 31.6 Å². The fraction of sp³-hybridized carbons (Fsp3) is 0.200. The summed E-state index contributed by atoms with van der Waals surface area (Å²) >= 11 is 7.06. The first kappa shape index (κ1) is 29.4. The summed E-state index contributed by atoms with van der Waals surface area (Å²) in [5.74, 6) is -0.672. The largest absolute Gasteiger partial charge is 0.526 e. The van der Waals surface area contributed by atoms with Gasteiger partial charge in [0.25, 0.3) is 0 Å². The predicted molar refractivity (Wildman–Crippen MR) is 159 cm³/mol. The lowest BCUT2D eigenvalue weighted by Crippen LogP contribution is -2.77. The van der Waals surface area contributed by atoms with E-state index in [-0.39, 0.29) is 16.6 Å². The van der Waals surface area contributed by atoms with Crippen LogP contribution in [0.1, 0.15) is 36.7 Å². The summed E-state index contributed by atoms with van der Waals surface area (Å²) in [6, 6.07) is 23.0. The van der Waals surface area contributed by atoms with Crippen molar-refractivity contribution >= 4 is 66.5 Å². The molecule has 0 saturated heterocycles. The molecule has 0 spiro atoms. The summed E-state index contributed by atoms with van der Waals surface area (Å²) in [4.78, 5) is 46.2. The van der Waals surface area contributed by atoms with Crippen molar-refractivity contribution in [2.24, 2.45) is 0 Å². The van der Waals surface area contributed by atoms with Crippen molar-refractivity contribution in [3.63, 3.8) is 0 Å². The van der Waals surface area contributed by atoms with Crippen LogP contribution in [-0.4, -0.2) is 40.7 Å². The molecule has 0 bridgehead atoms. The molecular weight excluding hydrogens is 642 g/mol. The molecule has 4 aromatic rings. The maximum Gasteiger partial charge on any atom is 0.461 e. The molecule has 40 heavy (non-hydrogen) atoms. The minimum atomic E-state index is -1.89. The standard InChI is InChI=1S/C30H27Br2N3O5/c1-30(2,3)35(21-13-9-6-10-14-21,34(28(37)38)29(39)40-4)27(36)25-22-16-15-20(32)17-24(22)33-26(23(25)18-31)19-11-7-5-8-12-19/h5-17H,18H2,1-4H3. The summed E-state index contributed by atoms with van der Waals surface area (Å²) in [6.07, 6.45) is -3.14. The van der Waals surface area contributed by atoms with E-state index in [1.807, 2.05) is 30.3 Å². The zero-order chi connectivity index (χ0) is 29.2. The summed E-state index contributed by atoms with van der Waals surface area (Å²) < 4.78 is 4.58. The molecule has 0 fully saturated rings. The van der Waals surface area contributed by atoms with E-state index in [0.29, 0.717) is 27.2 Å². The van der Waals surface area contributed by atoms with Gasteiger partial charge in [-0.25, -0.2) is 14.6 Å². The van der Waals surface area contributed by atoms with Gasteiger partial charge in [-0.15, -0.1) is 4.59 Å². The van der Waals surface area contributed by atoms with Crippen LogP contribution in [-0.2, 0) is 10.1 Å². The first-order valence-corrected chi connectivity index (χ1v) is 14.2. The maximum absolute atomic E-state index is 15.3. The second kappa shape index (κ2) is 11.5. The molecule has 0 aliphatic rings. The van der Waals surface area contributed by atoms with Gasteiger partial charge in [-0.05, 0) is 32.9 Å². The summed E-state index contributed by atoms with van der Waals surface area (Å²) in [5.41, 5.74) is 1.58. The zero-order valence-corrected chi connectivity index (χ0v) is 25.5. The third-order valence-electron chi connectivity index (χ3n) is 6.66. The number of aromatic nitrogens is 1. The Morgan fingerprint density at radius 2 is 1.57 bits per heavy atom. The maximum atomic E-state index is 15.3. The SMILES string of the molecule is COC(=O)N(C(=O)[O-])[N+](C(=O)c1c(CBr)c(-c2ccccc2)nc2cc(Br)ccc12)(c1ccccc1)C(C)(C)C. The van der Waals surface area contributed by atoms with Crippen molar-refractivity contribution < 1.29 is 24.2 Å². The Balaban J connectivity index is 2.24. The Morgan fingerprint density at radius 1 is 0.975 bits per heavy atom. The number of carboxylic acid groups (broad SMARTS) is 1. The van der Waals surface area contributed by atoms with E-state index in [2.05, 4.69) is 31.9 Å². The smallest absolute Gasteiger partial charge is 0.461 e. The predicted octanol–water partition coefficient (Wildman–Crippen LogP) is 6.83. The summed E-state index contributed by atoms with van der Waals surface area (Å²) in [7, 11) is 1.06. The number of carbonyl (C=O) groups is 3. The van der Waals surface area contributed by atoms with Crippen LogP contribution in [0.4, 0.5) is 15.3 Å². The molecule has 4 rings (SSSR count). The quantitative estimate of drug-likeness (QED) is 0.134. The van der Waals surface area contributed by atoms with Crippen molar-refractivity contribution in [2.75, 3.05) is 7.11 Å². The van der Waals surface area contributed by atoms with Crippen LogP contribution in [0.5, 0.6) is 0 Å². The Hall–Kier alpha value is -3.60. The molecule has 3 amide bonds. The topological polar surface area (TPSA) is 99.6 Å². The number of halogens is 2. The number of hydrogen-bond acceptors (Lipinski definition) is 6. The molecule has 1 unspecified atom stereocenters. The number of rotatable bonds is 4. The van der Waals surface area contributed by atoms with Crippen molar-refractivity contribution in [3.05, 3.63) is 94.5 Å². The Morgan fingerprint density at radius 3 is 2.10 bits per heavy atom. The van der Waals surface area contributed by atoms with Crippen LogP contribution in [0.25, 0.3) is 22.2 Å². The number of fused-ring (bicyclic) bond motifs is 1. The number of ether oxygens (including phenoxy) is 1. The summed E-state index contributed by atoms with van der Waals surface area (Å²) in [5, 5.41) is 13.8. The van der Waals surface area contributed by atoms with Gasteiger partial charge in [0.2, 0.25) is 6.09 Å². The molecule has 0 aliphatic carbocycles. The van der Waals surface area contributed by atoms with Gasteiger partial charge in [-0.3, -0.25) is 0 Å². The lowest BCUT2D eigenvalue weighted by atomic mass is 9.93. The van der Waals surface area contributed by atoms with Crippen LogP contribution in [0.3, 0.4) is 0 Å². The number of para-hydroxylation sites is 1. The van der Waals surface area contributed by atoms with Gasteiger partial charge in [0.05, 0.1) is 23.9 Å². The first-order valence-electron chi connectivity index (χ1n) is 12.3. The molecule has 1 atom stereocenters. The average Bonchev–Trinajstić information content (AvgIpc) is 2.93. The van der Waals surface area contributed by atoms with Gasteiger partial charge in [-0.2, -0.15) is 0 Å². The number of methoxy groups -OCH3 is 1. The number of amides is 3. The second-order valence-corrected chi connectivity index (χ2v) is 11.4. The van der Waals surface area contributed by atoms with Crippen LogP contribution >= 0.6 is 31.9 Å². The van der Waals surface area contributed by atoms with Crippen LogP contribution < -0.4 is 9.70 Å². The first-order chi connectivity index (χ1) is 19.0. The van der Waals surface area contributed by atoms with Crippen molar-refractivity contribution in [3.8, 4) is 11.3 Å². The second-order valence-electron chi connectivity index (χ2n) is 9.97. The Kier molecular flexibility index (Phi) is 8.44. The third-order valence-corrected chi connectivity index (χ3v) is 7.71. The molecule has 1 aromatic heterocycles. The number of pyridine rings is 1. The normalized spacial score (nSPS) is 12.9. The fourth-order valence-corrected chi connectivity index (χ4v) is 5.91. The molecule has 1 heterocycles. The minimum absolute atomic E-state index is 0.210. The highest BCUT2D eigenvalue weighted by Crippen LogP contribution is 2.42. The van der Waals surface area contributed by atoms with Crippen molar-refractivity contribution in [1.82, 2.24) is 14.6 Å². The monoisotopic (exact) mass is 667 g/mol. The van der Waals surface area contributed by atoms with Crippen LogP contribution in [0, 0.1) is 0 Å². The van der Waals surface area contributed by atoms with Gasteiger partial charge < -0.3 is 14.6 Å². The lowest BCUT2D eigenvalue weighted by molar-refractivity contribution is -0.275. The van der Waals surface area contributed by atoms with Gasteiger partial charge in [0.15, 0.2) is 5.69 Å². The molecule has 3 aromatic carbocycles. The molecule has 206 valence electrons. The molecule has 0 radical (unpaired) electrons. The van der Waals surface area contributed by atoms with Crippen LogP contribution in [0.15, 0.2) is 83.3 Å². The van der Waals surface area contributed by atoms with E-state index in [1.54, 1.807) is 69.3 Å². The highest BCUT2D eigenvalue weighted by molar-refractivity contribution is 9.10. The molecule has 0 saturated carbocycles. The molecule has 8 nitrogen and oxygen atoms in total. The van der Waals surface area contributed by atoms with Gasteiger partial charge >= 0.3 is 12.0 Å². The molecule has 0 N–H and O–H groups in total. The van der Waals surface area contributed by atoms with E-state index in [4.69, 9.17) is 9.72 Å². The average molecular weight is 669 g/mol. The molecule has 10 heteroatoms. The number of imide groups is 1. The molecule has 0 aliphatic heterocycles. The highest BCUT2D eigenvalue weighted by atomic mass is 79.9. The highest BCUT2D eigenvalue weighted by Gasteiger charge is 2.59. The van der Waals surface area contributed by atoms with E-state index >= 15 is 4.79 Å². The van der Waals surface area contributed by atoms with Gasteiger partial charge in [0.1, 0.15) is 5.54 Å². The van der Waals surface area contributed by atoms with Gasteiger partial charge in [-0.1, -0.05) is 91.5 Å². The summed E-state index contributed by atoms with van der Waals surface area (Å²) in [6.45, 7) is 5.05. The number of nitrogens with zero attached hydrogens (tertiary/aromatic N) is 3. The van der Waals surface area contributed by atoms with Crippen molar-refractivity contribution in [1.29, 1.82) is 0 Å². The number of carbonyl (C=O) groups excluding carboxylic acids is 3. The van der Waals surface area contributed by atoms with Gasteiger partial charge in [0, 0.05) is 38.4 Å². The minimum Gasteiger partial charge on any atom is -0.526 e. The van der Waals surface area contributed by atoms with Crippen LogP contribution in [0.2, 0.25) is 0 Å². The molecular formula is C30H27Br2N3O5. The zero-order valence-electron chi connectivity index (χ0n) is 22.4. The van der Waals surface area contributed by atoms with E-state index in [9.17, 15) is 14.7 Å². The lowest BCUT2D eigenvalue weighted by Gasteiger charge is -2.49. The number of alkyl halides is 1. The van der Waals surface area contributed by atoms with E-state index in [1.165, 1.54) is 0 Å². The third kappa shape index (κ3) is 4.91. The fourth-order valence-electron chi connectivity index (χ4n) is 5.01. The number of hydrogen-bond donors (Lipinski definition) is 0. The Bertz CT molecular complexity index is 1590. The number of benzene rings is 3.